The fraction of sp³-hybridized carbons (Fsp3) is 0.538. The molecular formula is C13H21NO2S. The van der Waals surface area contributed by atoms with Crippen LogP contribution in [0.4, 0.5) is 0 Å². The zero-order valence-corrected chi connectivity index (χ0v) is 11.5. The van der Waals surface area contributed by atoms with Crippen LogP contribution in [0.25, 0.3) is 0 Å². The summed E-state index contributed by atoms with van der Waals surface area (Å²) in [6.45, 7) is 2.99. The van der Waals surface area contributed by atoms with Gasteiger partial charge in [0.1, 0.15) is 0 Å². The monoisotopic (exact) mass is 255 g/mol. The standard InChI is InChI=1S/C13H21NO2S/c1-10(6-7-17-3)14-9-11-4-5-12(15)13(8-11)16-2/h4-5,8,10,14-15H,6-7,9H2,1-3H3. The van der Waals surface area contributed by atoms with Crippen LogP contribution in [0.2, 0.25) is 0 Å². The molecule has 3 nitrogen and oxygen atoms in total. The van der Waals surface area contributed by atoms with Crippen LogP contribution in [0, 0.1) is 0 Å². The lowest BCUT2D eigenvalue weighted by Gasteiger charge is -2.13. The first-order valence-corrected chi connectivity index (χ1v) is 7.15. The zero-order valence-electron chi connectivity index (χ0n) is 10.7. The van der Waals surface area contributed by atoms with Gasteiger partial charge in [-0.3, -0.25) is 0 Å². The molecule has 0 saturated carbocycles. The lowest BCUT2D eigenvalue weighted by atomic mass is 10.2. The first kappa shape index (κ1) is 14.2. The number of aromatic hydroxyl groups is 1. The van der Waals surface area contributed by atoms with Crippen molar-refractivity contribution in [2.75, 3.05) is 19.1 Å². The molecule has 0 amide bonds. The van der Waals surface area contributed by atoms with E-state index in [1.165, 1.54) is 5.75 Å². The largest absolute Gasteiger partial charge is 0.504 e. The highest BCUT2D eigenvalue weighted by Gasteiger charge is 2.04. The molecule has 0 radical (unpaired) electrons. The van der Waals surface area contributed by atoms with Crippen LogP contribution in [0.15, 0.2) is 18.2 Å². The predicted octanol–water partition coefficient (Wildman–Crippen LogP) is 2.63. The minimum atomic E-state index is 0.187. The Balaban J connectivity index is 2.46. The number of rotatable bonds is 7. The predicted molar refractivity (Wildman–Crippen MR) is 74.0 cm³/mol. The fourth-order valence-corrected chi connectivity index (χ4v) is 2.11. The molecule has 0 aliphatic carbocycles. The second-order valence-corrected chi connectivity index (χ2v) is 5.06. The number of ether oxygens (including phenoxy) is 1. The Morgan fingerprint density at radius 2 is 2.24 bits per heavy atom. The molecule has 0 bridgehead atoms. The maximum absolute atomic E-state index is 9.48. The number of benzene rings is 1. The first-order valence-electron chi connectivity index (χ1n) is 5.75. The molecule has 0 heterocycles. The van der Waals surface area contributed by atoms with Crippen molar-refractivity contribution in [2.24, 2.45) is 0 Å². The van der Waals surface area contributed by atoms with Crippen LogP contribution in [0.3, 0.4) is 0 Å². The summed E-state index contributed by atoms with van der Waals surface area (Å²) in [6.07, 6.45) is 3.29. The van der Waals surface area contributed by atoms with Crippen molar-refractivity contribution in [2.45, 2.75) is 25.9 Å². The molecule has 0 spiro atoms. The Morgan fingerprint density at radius 3 is 2.88 bits per heavy atom. The van der Waals surface area contributed by atoms with Crippen LogP contribution in [-0.2, 0) is 6.54 Å². The number of thioether (sulfide) groups is 1. The van der Waals surface area contributed by atoms with Crippen molar-refractivity contribution in [3.8, 4) is 11.5 Å². The summed E-state index contributed by atoms with van der Waals surface area (Å²) in [5, 5.41) is 12.9. The van der Waals surface area contributed by atoms with Crippen molar-refractivity contribution >= 4 is 11.8 Å². The lowest BCUT2D eigenvalue weighted by Crippen LogP contribution is -2.25. The third-order valence-electron chi connectivity index (χ3n) is 2.65. The van der Waals surface area contributed by atoms with Gasteiger partial charge in [0.25, 0.3) is 0 Å². The van der Waals surface area contributed by atoms with E-state index in [4.69, 9.17) is 4.74 Å². The maximum atomic E-state index is 9.48. The topological polar surface area (TPSA) is 41.5 Å². The molecule has 0 aromatic heterocycles. The smallest absolute Gasteiger partial charge is 0.160 e. The summed E-state index contributed by atoms with van der Waals surface area (Å²) in [5.74, 6) is 1.89. The van der Waals surface area contributed by atoms with E-state index in [1.54, 1.807) is 13.2 Å². The summed E-state index contributed by atoms with van der Waals surface area (Å²) >= 11 is 1.87. The normalized spacial score (nSPS) is 12.4. The van der Waals surface area contributed by atoms with Gasteiger partial charge in [-0.2, -0.15) is 11.8 Å². The Kier molecular flexibility index (Phi) is 6.22. The van der Waals surface area contributed by atoms with Crippen LogP contribution >= 0.6 is 11.8 Å². The average molecular weight is 255 g/mol. The van der Waals surface area contributed by atoms with Crippen LogP contribution in [0.5, 0.6) is 11.5 Å². The van der Waals surface area contributed by atoms with E-state index in [-0.39, 0.29) is 5.75 Å². The van der Waals surface area contributed by atoms with Gasteiger partial charge >= 0.3 is 0 Å². The lowest BCUT2D eigenvalue weighted by molar-refractivity contribution is 0.372. The Hall–Kier alpha value is -0.870. The summed E-state index contributed by atoms with van der Waals surface area (Å²) in [7, 11) is 1.56. The molecule has 1 rings (SSSR count). The van der Waals surface area contributed by atoms with Gasteiger partial charge < -0.3 is 15.2 Å². The fourth-order valence-electron chi connectivity index (χ4n) is 1.52. The molecule has 1 aromatic rings. The van der Waals surface area contributed by atoms with Gasteiger partial charge in [0.15, 0.2) is 11.5 Å². The molecule has 0 fully saturated rings. The molecule has 4 heteroatoms. The van der Waals surface area contributed by atoms with E-state index in [1.807, 2.05) is 23.9 Å². The van der Waals surface area contributed by atoms with Crippen molar-refractivity contribution in [1.29, 1.82) is 0 Å². The summed E-state index contributed by atoms with van der Waals surface area (Å²) in [5.41, 5.74) is 1.12. The van der Waals surface area contributed by atoms with Crippen molar-refractivity contribution in [1.82, 2.24) is 5.32 Å². The molecule has 0 aliphatic rings. The Bertz CT molecular complexity index is 344. The minimum absolute atomic E-state index is 0.187. The zero-order chi connectivity index (χ0) is 12.7. The van der Waals surface area contributed by atoms with E-state index < -0.39 is 0 Å². The van der Waals surface area contributed by atoms with Crippen LogP contribution in [-0.4, -0.2) is 30.3 Å². The number of methoxy groups -OCH3 is 1. The highest BCUT2D eigenvalue weighted by atomic mass is 32.2. The molecule has 0 saturated heterocycles. The van der Waals surface area contributed by atoms with Crippen molar-refractivity contribution in [3.63, 3.8) is 0 Å². The molecule has 0 aliphatic heterocycles. The van der Waals surface area contributed by atoms with E-state index in [9.17, 15) is 5.11 Å². The molecule has 17 heavy (non-hydrogen) atoms. The van der Waals surface area contributed by atoms with E-state index in [2.05, 4.69) is 18.5 Å². The highest BCUT2D eigenvalue weighted by molar-refractivity contribution is 7.98. The molecule has 1 aromatic carbocycles. The summed E-state index contributed by atoms with van der Waals surface area (Å²) < 4.78 is 5.08. The SMILES string of the molecule is COc1cc(CNC(C)CCSC)ccc1O. The first-order chi connectivity index (χ1) is 8.17. The van der Waals surface area contributed by atoms with Gasteiger partial charge in [-0.25, -0.2) is 0 Å². The molecular weight excluding hydrogens is 234 g/mol. The third kappa shape index (κ3) is 4.88. The van der Waals surface area contributed by atoms with Crippen LogP contribution < -0.4 is 10.1 Å². The number of phenolic OH excluding ortho intramolecular Hbond substituents is 1. The van der Waals surface area contributed by atoms with E-state index in [0.717, 1.165) is 18.5 Å². The van der Waals surface area contributed by atoms with Gasteiger partial charge in [0.2, 0.25) is 0 Å². The maximum Gasteiger partial charge on any atom is 0.160 e. The molecule has 1 atom stereocenters. The Labute approximate surface area is 108 Å². The minimum Gasteiger partial charge on any atom is -0.504 e. The van der Waals surface area contributed by atoms with Gasteiger partial charge in [-0.1, -0.05) is 6.07 Å². The summed E-state index contributed by atoms with van der Waals surface area (Å²) in [6, 6.07) is 5.94. The number of nitrogens with one attached hydrogen (secondary N) is 1. The second kappa shape index (κ2) is 7.45. The van der Waals surface area contributed by atoms with Gasteiger partial charge in [0, 0.05) is 12.6 Å². The quantitative estimate of drug-likeness (QED) is 0.786. The Morgan fingerprint density at radius 1 is 1.47 bits per heavy atom. The molecule has 1 unspecified atom stereocenters. The summed E-state index contributed by atoms with van der Waals surface area (Å²) in [4.78, 5) is 0. The second-order valence-electron chi connectivity index (χ2n) is 4.07. The third-order valence-corrected chi connectivity index (χ3v) is 3.30. The van der Waals surface area contributed by atoms with Gasteiger partial charge in [-0.15, -0.1) is 0 Å². The van der Waals surface area contributed by atoms with Crippen LogP contribution in [0.1, 0.15) is 18.9 Å². The van der Waals surface area contributed by atoms with E-state index in [0.29, 0.717) is 11.8 Å². The number of phenols is 1. The van der Waals surface area contributed by atoms with Gasteiger partial charge in [-0.05, 0) is 43.0 Å². The molecule has 96 valence electrons. The highest BCUT2D eigenvalue weighted by Crippen LogP contribution is 2.26. The van der Waals surface area contributed by atoms with Crippen molar-refractivity contribution < 1.29 is 9.84 Å². The van der Waals surface area contributed by atoms with Crippen molar-refractivity contribution in [3.05, 3.63) is 23.8 Å². The molecule has 2 N–H and O–H groups in total. The average Bonchev–Trinajstić information content (AvgIpc) is 2.35. The van der Waals surface area contributed by atoms with E-state index >= 15 is 0 Å². The van der Waals surface area contributed by atoms with Gasteiger partial charge in [0.05, 0.1) is 7.11 Å². The number of hydrogen-bond acceptors (Lipinski definition) is 4. The number of hydrogen-bond donors (Lipinski definition) is 2.